The van der Waals surface area contributed by atoms with E-state index in [1.165, 1.54) is 35.1 Å². The van der Waals surface area contributed by atoms with Crippen molar-refractivity contribution in [1.29, 1.82) is 0 Å². The minimum Gasteiger partial charge on any atom is -0.387 e. The number of aliphatic hydroxyl groups is 1. The highest BCUT2D eigenvalue weighted by atomic mass is 19.1. The zero-order valence-electron chi connectivity index (χ0n) is 16.1. The smallest absolute Gasteiger partial charge is 0.123 e. The zero-order valence-corrected chi connectivity index (χ0v) is 16.1. The van der Waals surface area contributed by atoms with Crippen molar-refractivity contribution in [1.82, 2.24) is 4.57 Å². The first-order valence-electron chi connectivity index (χ1n) is 10.1. The molecular formula is C24H28FN2O+. The molecule has 0 radical (unpaired) electrons. The predicted molar refractivity (Wildman–Crippen MR) is 109 cm³/mol. The summed E-state index contributed by atoms with van der Waals surface area (Å²) in [6, 6.07) is 21.8. The molecule has 2 aromatic carbocycles. The Morgan fingerprint density at radius 3 is 2.54 bits per heavy atom. The van der Waals surface area contributed by atoms with Crippen LogP contribution in [0.3, 0.4) is 0 Å². The number of rotatable bonds is 9. The molecule has 0 aliphatic heterocycles. The molecule has 1 aliphatic rings. The molecule has 146 valence electrons. The average Bonchev–Trinajstić information content (AvgIpc) is 3.44. The summed E-state index contributed by atoms with van der Waals surface area (Å²) in [4.78, 5) is 1.45. The Kier molecular flexibility index (Phi) is 5.89. The summed E-state index contributed by atoms with van der Waals surface area (Å²) in [5, 5.41) is 10.6. The van der Waals surface area contributed by atoms with Crippen LogP contribution in [0.2, 0.25) is 0 Å². The number of halogens is 1. The molecule has 4 rings (SSSR count). The fraction of sp³-hybridized carbons (Fsp3) is 0.333. The van der Waals surface area contributed by atoms with Crippen LogP contribution in [0.4, 0.5) is 4.39 Å². The molecule has 1 unspecified atom stereocenters. The summed E-state index contributed by atoms with van der Waals surface area (Å²) < 4.78 is 15.7. The first kappa shape index (κ1) is 18.9. The largest absolute Gasteiger partial charge is 0.387 e. The van der Waals surface area contributed by atoms with Gasteiger partial charge in [0.2, 0.25) is 0 Å². The van der Waals surface area contributed by atoms with E-state index in [-0.39, 0.29) is 11.9 Å². The number of quaternary nitrogens is 1. The normalized spacial score (nSPS) is 16.1. The summed E-state index contributed by atoms with van der Waals surface area (Å²) in [5.74, 6) is -0.194. The second-order valence-electron chi connectivity index (χ2n) is 7.91. The molecule has 2 atom stereocenters. The number of aliphatic hydroxyl groups excluding tert-OH is 1. The van der Waals surface area contributed by atoms with Crippen LogP contribution in [0.5, 0.6) is 0 Å². The van der Waals surface area contributed by atoms with Gasteiger partial charge in [0.05, 0.1) is 11.7 Å². The predicted octanol–water partition coefficient (Wildman–Crippen LogP) is 2.83. The number of nitrogens with one attached hydrogen (secondary N) is 1. The van der Waals surface area contributed by atoms with E-state index in [0.29, 0.717) is 19.0 Å². The number of aromatic nitrogens is 1. The molecule has 1 aliphatic carbocycles. The first-order chi connectivity index (χ1) is 13.7. The topological polar surface area (TPSA) is 29.6 Å². The highest BCUT2D eigenvalue weighted by Crippen LogP contribution is 2.17. The van der Waals surface area contributed by atoms with Gasteiger partial charge in [0.25, 0.3) is 0 Å². The lowest BCUT2D eigenvalue weighted by Gasteiger charge is -2.23. The van der Waals surface area contributed by atoms with Gasteiger partial charge in [-0.1, -0.05) is 42.5 Å². The Bertz CT molecular complexity index is 888. The summed E-state index contributed by atoms with van der Waals surface area (Å²) in [5.41, 5.74) is 3.38. The van der Waals surface area contributed by atoms with Gasteiger partial charge < -0.3 is 14.6 Å². The molecule has 1 saturated carbocycles. The van der Waals surface area contributed by atoms with Gasteiger partial charge in [0, 0.05) is 32.0 Å². The molecule has 0 spiro atoms. The van der Waals surface area contributed by atoms with Crippen molar-refractivity contribution in [2.24, 2.45) is 0 Å². The maximum atomic E-state index is 13.5. The molecule has 3 aromatic rings. The van der Waals surface area contributed by atoms with E-state index in [4.69, 9.17) is 0 Å². The van der Waals surface area contributed by atoms with Crippen LogP contribution in [-0.4, -0.2) is 28.4 Å². The molecule has 28 heavy (non-hydrogen) atoms. The molecule has 0 saturated heterocycles. The van der Waals surface area contributed by atoms with Crippen LogP contribution in [-0.2, 0) is 19.5 Å². The molecule has 4 heteroatoms. The van der Waals surface area contributed by atoms with Crippen molar-refractivity contribution in [2.45, 2.75) is 44.5 Å². The molecule has 1 heterocycles. The third-order valence-corrected chi connectivity index (χ3v) is 5.54. The number of hydrogen-bond acceptors (Lipinski definition) is 1. The van der Waals surface area contributed by atoms with Crippen molar-refractivity contribution in [2.75, 3.05) is 6.54 Å². The van der Waals surface area contributed by atoms with E-state index in [1.54, 1.807) is 12.1 Å². The van der Waals surface area contributed by atoms with Crippen LogP contribution in [0.25, 0.3) is 0 Å². The lowest BCUT2D eigenvalue weighted by atomic mass is 10.1. The molecule has 0 amide bonds. The van der Waals surface area contributed by atoms with E-state index < -0.39 is 0 Å². The van der Waals surface area contributed by atoms with Gasteiger partial charge >= 0.3 is 0 Å². The number of hydrogen-bond donors (Lipinski definition) is 2. The second-order valence-corrected chi connectivity index (χ2v) is 7.91. The molecule has 1 fully saturated rings. The molecule has 3 nitrogen and oxygen atoms in total. The fourth-order valence-corrected chi connectivity index (χ4v) is 3.96. The second kappa shape index (κ2) is 8.72. The van der Waals surface area contributed by atoms with Crippen LogP contribution < -0.4 is 4.90 Å². The van der Waals surface area contributed by atoms with E-state index >= 15 is 0 Å². The lowest BCUT2D eigenvalue weighted by molar-refractivity contribution is -0.928. The van der Waals surface area contributed by atoms with Crippen LogP contribution in [0.15, 0.2) is 72.9 Å². The highest BCUT2D eigenvalue weighted by Gasteiger charge is 2.35. The lowest BCUT2D eigenvalue weighted by Crippen LogP contribution is -3.13. The third kappa shape index (κ3) is 5.09. The van der Waals surface area contributed by atoms with Crippen molar-refractivity contribution in [3.05, 3.63) is 95.6 Å². The van der Waals surface area contributed by atoms with E-state index in [9.17, 15) is 9.50 Å². The zero-order chi connectivity index (χ0) is 19.3. The van der Waals surface area contributed by atoms with E-state index in [0.717, 1.165) is 18.7 Å². The fourth-order valence-electron chi connectivity index (χ4n) is 3.96. The molecule has 0 bridgehead atoms. The Morgan fingerprint density at radius 1 is 1.00 bits per heavy atom. The van der Waals surface area contributed by atoms with Crippen LogP contribution in [0.1, 0.15) is 29.7 Å². The maximum Gasteiger partial charge on any atom is 0.123 e. The SMILES string of the molecule is O[C@H](Cc1ccccc1)C[NH+](Cc1cccn1Cc1cccc(F)c1)C1CC1. The van der Waals surface area contributed by atoms with Gasteiger partial charge in [-0.15, -0.1) is 0 Å². The average molecular weight is 379 g/mol. The van der Waals surface area contributed by atoms with Crippen molar-refractivity contribution in [3.8, 4) is 0 Å². The summed E-state index contributed by atoms with van der Waals surface area (Å²) in [7, 11) is 0. The Morgan fingerprint density at radius 2 is 1.79 bits per heavy atom. The molecule has 1 aromatic heterocycles. The third-order valence-electron chi connectivity index (χ3n) is 5.54. The summed E-state index contributed by atoms with van der Waals surface area (Å²) >= 11 is 0. The van der Waals surface area contributed by atoms with E-state index in [2.05, 4.69) is 35.0 Å². The van der Waals surface area contributed by atoms with Gasteiger partial charge in [-0.05, 0) is 35.4 Å². The minimum atomic E-state index is -0.343. The van der Waals surface area contributed by atoms with Crippen molar-refractivity contribution < 1.29 is 14.4 Å². The summed E-state index contributed by atoms with van der Waals surface area (Å²) in [6.07, 6.45) is 4.88. The van der Waals surface area contributed by atoms with Gasteiger partial charge in [0.1, 0.15) is 25.0 Å². The molecular weight excluding hydrogens is 351 g/mol. The maximum absolute atomic E-state index is 13.5. The Balaban J connectivity index is 1.41. The first-order valence-corrected chi connectivity index (χ1v) is 10.1. The van der Waals surface area contributed by atoms with Gasteiger partial charge in [-0.3, -0.25) is 0 Å². The van der Waals surface area contributed by atoms with Gasteiger partial charge in [-0.25, -0.2) is 4.39 Å². The summed E-state index contributed by atoms with van der Waals surface area (Å²) in [6.45, 7) is 2.31. The van der Waals surface area contributed by atoms with Gasteiger partial charge in [-0.2, -0.15) is 0 Å². The quantitative estimate of drug-likeness (QED) is 0.588. The Labute approximate surface area is 166 Å². The van der Waals surface area contributed by atoms with Crippen LogP contribution >= 0.6 is 0 Å². The van der Waals surface area contributed by atoms with E-state index in [1.807, 2.05) is 24.3 Å². The highest BCUT2D eigenvalue weighted by molar-refractivity contribution is 5.19. The van der Waals surface area contributed by atoms with Crippen molar-refractivity contribution >= 4 is 0 Å². The number of nitrogens with zero attached hydrogens (tertiary/aromatic N) is 1. The number of benzene rings is 2. The minimum absolute atomic E-state index is 0.194. The standard InChI is InChI=1S/C24H27FN2O/c25-21-9-4-8-20(14-21)16-26-13-5-10-23(26)17-27(22-11-12-22)18-24(28)15-19-6-2-1-3-7-19/h1-10,13-14,22,24,28H,11-12,15-18H2/p+1/t24-/m1/s1. The van der Waals surface area contributed by atoms with Crippen LogP contribution in [0, 0.1) is 5.82 Å². The van der Waals surface area contributed by atoms with Crippen molar-refractivity contribution in [3.63, 3.8) is 0 Å². The Hall–Kier alpha value is -2.43. The van der Waals surface area contributed by atoms with Gasteiger partial charge in [0.15, 0.2) is 0 Å². The molecule has 2 N–H and O–H groups in total. The monoisotopic (exact) mass is 379 g/mol.